The Bertz CT molecular complexity index is 1330. The Morgan fingerprint density at radius 1 is 1.29 bits per heavy atom. The summed E-state index contributed by atoms with van der Waals surface area (Å²) in [5.74, 6) is 0.585. The van der Waals surface area contributed by atoms with Crippen LogP contribution in [0, 0.1) is 13.8 Å². The molecule has 10 nitrogen and oxygen atoms in total. The van der Waals surface area contributed by atoms with Gasteiger partial charge in [0.15, 0.2) is 6.23 Å². The molecule has 1 saturated heterocycles. The zero-order valence-electron chi connectivity index (χ0n) is 23.9. The smallest absolute Gasteiger partial charge is 0.410 e. The van der Waals surface area contributed by atoms with Gasteiger partial charge in [-0.25, -0.2) is 14.2 Å². The zero-order chi connectivity index (χ0) is 27.8. The molecule has 0 aliphatic carbocycles. The van der Waals surface area contributed by atoms with E-state index in [1.54, 1.807) is 17.8 Å². The molecule has 206 valence electrons. The van der Waals surface area contributed by atoms with Gasteiger partial charge in [-0.3, -0.25) is 4.98 Å². The topological polar surface area (TPSA) is 96.5 Å². The van der Waals surface area contributed by atoms with E-state index >= 15 is 0 Å². The number of nitrogens with zero attached hydrogens (tertiary/aromatic N) is 6. The van der Waals surface area contributed by atoms with Gasteiger partial charge >= 0.3 is 6.09 Å². The predicted octanol–water partition coefficient (Wildman–Crippen LogP) is 5.42. The molecular weight excluding hydrogens is 484 g/mol. The molecule has 38 heavy (non-hydrogen) atoms. The second-order valence-electron chi connectivity index (χ2n) is 11.0. The number of carbonyl (C=O) groups is 1. The number of carbonyl (C=O) groups excluding carboxylic acids is 1. The molecule has 0 radical (unpaired) electrons. The minimum Gasteiger partial charge on any atom is -0.472 e. The van der Waals surface area contributed by atoms with Crippen molar-refractivity contribution in [3.63, 3.8) is 0 Å². The standard InChI is InChI=1S/C28H40N6O4/c1-10-21-20-15-22(29-19(4)25(20)34(31-21)23-13-11-12-14-36-23)24-18(3)30-33(9)26(24)37-17(2)16-32(8)27(35)38-28(5,6)7/h10,15,17,23H,1,11-14,16H2,2-9H3/t17-,23?/m0/s1. The Morgan fingerprint density at radius 2 is 2.03 bits per heavy atom. The van der Waals surface area contributed by atoms with Gasteiger partial charge in [0.05, 0.1) is 40.4 Å². The van der Waals surface area contributed by atoms with E-state index in [1.165, 1.54) is 4.90 Å². The number of rotatable bonds is 7. The van der Waals surface area contributed by atoms with Crippen LogP contribution >= 0.6 is 0 Å². The minimum atomic E-state index is -0.564. The first-order chi connectivity index (χ1) is 17.9. The fraction of sp³-hybridized carbons (Fsp3) is 0.571. The molecule has 0 bridgehead atoms. The lowest BCUT2D eigenvalue weighted by Gasteiger charge is -2.26. The van der Waals surface area contributed by atoms with Gasteiger partial charge < -0.3 is 19.1 Å². The fourth-order valence-electron chi connectivity index (χ4n) is 4.87. The lowest BCUT2D eigenvalue weighted by Crippen LogP contribution is -2.39. The molecule has 1 aliphatic rings. The summed E-state index contributed by atoms with van der Waals surface area (Å²) in [7, 11) is 3.54. The molecule has 4 rings (SSSR count). The van der Waals surface area contributed by atoms with Crippen LogP contribution in [0.3, 0.4) is 0 Å². The maximum absolute atomic E-state index is 12.4. The van der Waals surface area contributed by atoms with Crippen molar-refractivity contribution in [2.75, 3.05) is 20.2 Å². The van der Waals surface area contributed by atoms with E-state index in [9.17, 15) is 4.79 Å². The van der Waals surface area contributed by atoms with Crippen molar-refractivity contribution < 1.29 is 19.0 Å². The number of aromatic nitrogens is 5. The number of ether oxygens (including phenoxy) is 3. The molecule has 0 spiro atoms. The van der Waals surface area contributed by atoms with Crippen molar-refractivity contribution in [3.05, 3.63) is 29.7 Å². The summed E-state index contributed by atoms with van der Waals surface area (Å²) >= 11 is 0. The Kier molecular flexibility index (Phi) is 7.83. The van der Waals surface area contributed by atoms with Crippen LogP contribution in [0.25, 0.3) is 28.2 Å². The highest BCUT2D eigenvalue weighted by Crippen LogP contribution is 2.37. The number of pyridine rings is 1. The van der Waals surface area contributed by atoms with Gasteiger partial charge in [0, 0.05) is 26.1 Å². The third kappa shape index (κ3) is 5.70. The molecule has 0 aromatic carbocycles. The number of aryl methyl sites for hydroxylation is 3. The molecule has 1 fully saturated rings. The monoisotopic (exact) mass is 524 g/mol. The SMILES string of the molecule is C=Cc1nn(C2CCCCO2)c2c(C)nc(-c3c(C)nn(C)c3O[C@@H](C)CN(C)C(=O)OC(C)(C)C)cc12. The van der Waals surface area contributed by atoms with Crippen LogP contribution in [0.1, 0.15) is 70.3 Å². The molecule has 2 atom stereocenters. The molecule has 1 unspecified atom stereocenters. The van der Waals surface area contributed by atoms with Gasteiger partial charge in [0.2, 0.25) is 5.88 Å². The predicted molar refractivity (Wildman–Crippen MR) is 147 cm³/mol. The molecule has 1 aliphatic heterocycles. The molecule has 1 amide bonds. The quantitative estimate of drug-likeness (QED) is 0.407. The molecular formula is C28H40N6O4. The van der Waals surface area contributed by atoms with E-state index < -0.39 is 11.7 Å². The normalized spacial score (nSPS) is 16.9. The first-order valence-corrected chi connectivity index (χ1v) is 13.2. The lowest BCUT2D eigenvalue weighted by atomic mass is 10.1. The second kappa shape index (κ2) is 10.8. The van der Waals surface area contributed by atoms with Crippen LogP contribution in [-0.4, -0.2) is 67.4 Å². The molecule has 3 aromatic rings. The molecule has 4 heterocycles. The molecule has 0 N–H and O–H groups in total. The van der Waals surface area contributed by atoms with Crippen LogP contribution in [0.2, 0.25) is 0 Å². The van der Waals surface area contributed by atoms with Crippen LogP contribution in [-0.2, 0) is 16.5 Å². The van der Waals surface area contributed by atoms with Crippen molar-refractivity contribution in [2.24, 2.45) is 7.05 Å². The third-order valence-corrected chi connectivity index (χ3v) is 6.48. The van der Waals surface area contributed by atoms with Gasteiger partial charge in [-0.15, -0.1) is 0 Å². The maximum atomic E-state index is 12.4. The summed E-state index contributed by atoms with van der Waals surface area (Å²) in [4.78, 5) is 18.9. The van der Waals surface area contributed by atoms with Gasteiger partial charge in [-0.1, -0.05) is 6.58 Å². The van der Waals surface area contributed by atoms with Crippen molar-refractivity contribution in [2.45, 2.75) is 78.7 Å². The number of amides is 1. The van der Waals surface area contributed by atoms with Gasteiger partial charge in [-0.05, 0) is 72.9 Å². The number of hydrogen-bond acceptors (Lipinski definition) is 7. The van der Waals surface area contributed by atoms with E-state index in [2.05, 4.69) is 11.7 Å². The fourth-order valence-corrected chi connectivity index (χ4v) is 4.87. The van der Waals surface area contributed by atoms with E-state index in [-0.39, 0.29) is 12.3 Å². The maximum Gasteiger partial charge on any atom is 0.410 e. The van der Waals surface area contributed by atoms with Crippen molar-refractivity contribution in [3.8, 4) is 17.1 Å². The number of likely N-dealkylation sites (N-methyl/N-ethyl adjacent to an activating group) is 1. The molecule has 3 aromatic heterocycles. The molecule has 10 heteroatoms. The van der Waals surface area contributed by atoms with Crippen molar-refractivity contribution in [1.82, 2.24) is 29.4 Å². The third-order valence-electron chi connectivity index (χ3n) is 6.48. The Labute approximate surface area is 224 Å². The zero-order valence-corrected chi connectivity index (χ0v) is 23.9. The van der Waals surface area contributed by atoms with E-state index in [4.69, 9.17) is 24.3 Å². The summed E-state index contributed by atoms with van der Waals surface area (Å²) in [5, 5.41) is 10.4. The summed E-state index contributed by atoms with van der Waals surface area (Å²) in [5.41, 5.74) is 4.37. The van der Waals surface area contributed by atoms with Gasteiger partial charge in [-0.2, -0.15) is 10.2 Å². The van der Waals surface area contributed by atoms with Crippen molar-refractivity contribution in [1.29, 1.82) is 0 Å². The van der Waals surface area contributed by atoms with E-state index in [1.807, 2.05) is 59.3 Å². The number of hydrogen-bond donors (Lipinski definition) is 0. The van der Waals surface area contributed by atoms with Crippen molar-refractivity contribution >= 4 is 23.1 Å². The summed E-state index contributed by atoms with van der Waals surface area (Å²) in [6.45, 7) is 16.5. The average molecular weight is 525 g/mol. The highest BCUT2D eigenvalue weighted by atomic mass is 16.6. The number of fused-ring (bicyclic) bond motifs is 1. The minimum absolute atomic E-state index is 0.104. The van der Waals surface area contributed by atoms with Crippen LogP contribution in [0.5, 0.6) is 5.88 Å². The van der Waals surface area contributed by atoms with Gasteiger partial charge in [0.25, 0.3) is 0 Å². The Balaban J connectivity index is 1.67. The Hall–Kier alpha value is -3.40. The van der Waals surface area contributed by atoms with Crippen LogP contribution in [0.15, 0.2) is 12.6 Å². The lowest BCUT2D eigenvalue weighted by molar-refractivity contribution is -0.0368. The second-order valence-corrected chi connectivity index (χ2v) is 11.0. The largest absolute Gasteiger partial charge is 0.472 e. The highest BCUT2D eigenvalue weighted by Gasteiger charge is 2.27. The highest BCUT2D eigenvalue weighted by molar-refractivity contribution is 5.92. The summed E-state index contributed by atoms with van der Waals surface area (Å²) < 4.78 is 21.5. The van der Waals surface area contributed by atoms with E-state index in [0.29, 0.717) is 12.4 Å². The van der Waals surface area contributed by atoms with Crippen LogP contribution < -0.4 is 4.74 Å². The van der Waals surface area contributed by atoms with Gasteiger partial charge in [0.1, 0.15) is 11.7 Å². The molecule has 0 saturated carbocycles. The first-order valence-electron chi connectivity index (χ1n) is 13.2. The van der Waals surface area contributed by atoms with Crippen LogP contribution in [0.4, 0.5) is 4.79 Å². The average Bonchev–Trinajstić information content (AvgIpc) is 3.35. The Morgan fingerprint density at radius 3 is 2.66 bits per heavy atom. The first kappa shape index (κ1) is 27.6. The van der Waals surface area contributed by atoms with E-state index in [0.717, 1.165) is 65.1 Å². The summed E-state index contributed by atoms with van der Waals surface area (Å²) in [6.07, 6.45) is 4.05. The summed E-state index contributed by atoms with van der Waals surface area (Å²) in [6, 6.07) is 2.03.